The Hall–Kier alpha value is -2.61. The van der Waals surface area contributed by atoms with E-state index in [1.807, 2.05) is 13.1 Å². The molecule has 2 aromatic rings. The van der Waals surface area contributed by atoms with Crippen molar-refractivity contribution in [2.45, 2.75) is 13.5 Å². The molecule has 1 aromatic carbocycles. The lowest BCUT2D eigenvalue weighted by molar-refractivity contribution is 0.974. The second-order valence-electron chi connectivity index (χ2n) is 4.61. The standard InChI is InChI=1S/C15H17N5/c1-12-3-5-13(6-4-12)10-17-14-9-15(19-11-18-14)20(2)8-7-16/h3-6,9,11H,8,10H2,1-2H3,(H,17,18,19). The summed E-state index contributed by atoms with van der Waals surface area (Å²) in [5, 5.41) is 11.9. The van der Waals surface area contributed by atoms with Gasteiger partial charge in [0.2, 0.25) is 0 Å². The molecule has 0 unspecified atom stereocenters. The van der Waals surface area contributed by atoms with Gasteiger partial charge in [-0.25, -0.2) is 9.97 Å². The van der Waals surface area contributed by atoms with Crippen molar-refractivity contribution in [3.8, 4) is 6.07 Å². The quantitative estimate of drug-likeness (QED) is 0.842. The van der Waals surface area contributed by atoms with Crippen LogP contribution in [-0.4, -0.2) is 23.6 Å². The average Bonchev–Trinajstić information content (AvgIpc) is 2.47. The molecule has 5 nitrogen and oxygen atoms in total. The third-order valence-corrected chi connectivity index (χ3v) is 2.95. The molecule has 1 aromatic heterocycles. The molecule has 0 bridgehead atoms. The maximum Gasteiger partial charge on any atom is 0.134 e. The summed E-state index contributed by atoms with van der Waals surface area (Å²) >= 11 is 0. The van der Waals surface area contributed by atoms with E-state index in [4.69, 9.17) is 5.26 Å². The van der Waals surface area contributed by atoms with Gasteiger partial charge in [0.25, 0.3) is 0 Å². The van der Waals surface area contributed by atoms with Crippen LogP contribution in [0.4, 0.5) is 11.6 Å². The number of rotatable bonds is 5. The third-order valence-electron chi connectivity index (χ3n) is 2.95. The van der Waals surface area contributed by atoms with E-state index in [1.165, 1.54) is 17.5 Å². The van der Waals surface area contributed by atoms with Crippen molar-refractivity contribution in [2.75, 3.05) is 23.8 Å². The van der Waals surface area contributed by atoms with Gasteiger partial charge in [-0.1, -0.05) is 29.8 Å². The van der Waals surface area contributed by atoms with Gasteiger partial charge in [0.05, 0.1) is 6.07 Å². The lowest BCUT2D eigenvalue weighted by Gasteiger charge is -2.14. The van der Waals surface area contributed by atoms with Crippen LogP contribution < -0.4 is 10.2 Å². The molecule has 0 fully saturated rings. The maximum atomic E-state index is 8.69. The summed E-state index contributed by atoms with van der Waals surface area (Å²) in [4.78, 5) is 10.1. The number of benzene rings is 1. The van der Waals surface area contributed by atoms with Crippen LogP contribution in [0.1, 0.15) is 11.1 Å². The summed E-state index contributed by atoms with van der Waals surface area (Å²) in [6.07, 6.45) is 1.50. The summed E-state index contributed by atoms with van der Waals surface area (Å²) in [5.74, 6) is 1.48. The van der Waals surface area contributed by atoms with Crippen LogP contribution in [0.2, 0.25) is 0 Å². The van der Waals surface area contributed by atoms with E-state index in [0.29, 0.717) is 13.1 Å². The lowest BCUT2D eigenvalue weighted by Crippen LogP contribution is -2.18. The van der Waals surface area contributed by atoms with Crippen molar-refractivity contribution in [2.24, 2.45) is 0 Å². The Balaban J connectivity index is 2.01. The smallest absolute Gasteiger partial charge is 0.134 e. The van der Waals surface area contributed by atoms with Crippen molar-refractivity contribution in [3.05, 3.63) is 47.8 Å². The van der Waals surface area contributed by atoms with Crippen LogP contribution in [0.25, 0.3) is 0 Å². The van der Waals surface area contributed by atoms with Crippen molar-refractivity contribution in [3.63, 3.8) is 0 Å². The molecule has 1 N–H and O–H groups in total. The summed E-state index contributed by atoms with van der Waals surface area (Å²) in [7, 11) is 1.83. The van der Waals surface area contributed by atoms with Crippen molar-refractivity contribution >= 4 is 11.6 Å². The average molecular weight is 267 g/mol. The highest BCUT2D eigenvalue weighted by molar-refractivity contribution is 5.48. The highest BCUT2D eigenvalue weighted by Crippen LogP contribution is 2.13. The van der Waals surface area contributed by atoms with E-state index in [0.717, 1.165) is 11.6 Å². The molecule has 0 aliphatic rings. The van der Waals surface area contributed by atoms with Gasteiger partial charge in [0, 0.05) is 19.7 Å². The van der Waals surface area contributed by atoms with Gasteiger partial charge in [0.15, 0.2) is 0 Å². The van der Waals surface area contributed by atoms with E-state index in [9.17, 15) is 0 Å². The van der Waals surface area contributed by atoms with Crippen LogP contribution in [0.15, 0.2) is 36.7 Å². The molecule has 0 amide bonds. The van der Waals surface area contributed by atoms with E-state index >= 15 is 0 Å². The highest BCUT2D eigenvalue weighted by Gasteiger charge is 2.03. The molecule has 102 valence electrons. The topological polar surface area (TPSA) is 64.8 Å². The molecule has 0 radical (unpaired) electrons. The molecule has 0 spiro atoms. The van der Waals surface area contributed by atoms with Gasteiger partial charge in [-0.3, -0.25) is 0 Å². The number of nitrogens with one attached hydrogen (secondary N) is 1. The van der Waals surface area contributed by atoms with Crippen LogP contribution in [0, 0.1) is 18.3 Å². The number of nitriles is 1. The van der Waals surface area contributed by atoms with Crippen molar-refractivity contribution in [1.82, 2.24) is 9.97 Å². The monoisotopic (exact) mass is 267 g/mol. The zero-order valence-corrected chi connectivity index (χ0v) is 11.7. The highest BCUT2D eigenvalue weighted by atomic mass is 15.2. The molecule has 1 heterocycles. The normalized spacial score (nSPS) is 9.85. The largest absolute Gasteiger partial charge is 0.366 e. The van der Waals surface area contributed by atoms with Crippen LogP contribution >= 0.6 is 0 Å². The molecule has 0 aliphatic heterocycles. The number of aromatic nitrogens is 2. The molecule has 2 rings (SSSR count). The fourth-order valence-electron chi connectivity index (χ4n) is 1.74. The number of nitrogens with zero attached hydrogens (tertiary/aromatic N) is 4. The second-order valence-corrected chi connectivity index (χ2v) is 4.61. The Labute approximate surface area is 118 Å². The maximum absolute atomic E-state index is 8.69. The van der Waals surface area contributed by atoms with Crippen molar-refractivity contribution in [1.29, 1.82) is 5.26 Å². The van der Waals surface area contributed by atoms with Crippen molar-refractivity contribution < 1.29 is 0 Å². The zero-order chi connectivity index (χ0) is 14.4. The third kappa shape index (κ3) is 3.69. The predicted molar refractivity (Wildman–Crippen MR) is 79.4 cm³/mol. The first-order valence-corrected chi connectivity index (χ1v) is 6.38. The zero-order valence-electron chi connectivity index (χ0n) is 11.7. The summed E-state index contributed by atoms with van der Waals surface area (Å²) in [6.45, 7) is 3.08. The molecule has 20 heavy (non-hydrogen) atoms. The molecule has 0 saturated carbocycles. The van der Waals surface area contributed by atoms with Gasteiger partial charge in [0.1, 0.15) is 24.5 Å². The summed E-state index contributed by atoms with van der Waals surface area (Å²) in [6, 6.07) is 12.3. The first-order chi connectivity index (χ1) is 9.69. The minimum atomic E-state index is 0.300. The summed E-state index contributed by atoms with van der Waals surface area (Å²) < 4.78 is 0. The first kappa shape index (κ1) is 13.8. The van der Waals surface area contributed by atoms with Gasteiger partial charge in [-0.15, -0.1) is 0 Å². The fraction of sp³-hybridized carbons (Fsp3) is 0.267. The van der Waals surface area contributed by atoms with Crippen LogP contribution in [0.5, 0.6) is 0 Å². The first-order valence-electron chi connectivity index (χ1n) is 6.38. The Kier molecular flexibility index (Phi) is 4.51. The second kappa shape index (κ2) is 6.53. The number of hydrogen-bond donors (Lipinski definition) is 1. The van der Waals surface area contributed by atoms with Gasteiger partial charge in [-0.05, 0) is 12.5 Å². The minimum Gasteiger partial charge on any atom is -0.366 e. The Morgan fingerprint density at radius 3 is 2.70 bits per heavy atom. The van der Waals surface area contributed by atoms with Gasteiger partial charge < -0.3 is 10.2 Å². The minimum absolute atomic E-state index is 0.300. The fourth-order valence-corrected chi connectivity index (χ4v) is 1.74. The molecule has 5 heteroatoms. The predicted octanol–water partition coefficient (Wildman–Crippen LogP) is 2.36. The van der Waals surface area contributed by atoms with Crippen LogP contribution in [0.3, 0.4) is 0 Å². The SMILES string of the molecule is Cc1ccc(CNc2cc(N(C)CC#N)ncn2)cc1. The van der Waals surface area contributed by atoms with Crippen LogP contribution in [-0.2, 0) is 6.54 Å². The van der Waals surface area contributed by atoms with Gasteiger partial charge in [-0.2, -0.15) is 5.26 Å². The Morgan fingerprint density at radius 2 is 2.00 bits per heavy atom. The Bertz CT molecular complexity index is 600. The van der Waals surface area contributed by atoms with Gasteiger partial charge >= 0.3 is 0 Å². The molecule has 0 atom stereocenters. The number of aryl methyl sites for hydroxylation is 1. The van der Waals surface area contributed by atoms with E-state index < -0.39 is 0 Å². The van der Waals surface area contributed by atoms with E-state index in [2.05, 4.69) is 52.5 Å². The molecule has 0 aliphatic carbocycles. The number of anilines is 2. The molecular formula is C15H17N5. The molecular weight excluding hydrogens is 250 g/mol. The Morgan fingerprint density at radius 1 is 1.25 bits per heavy atom. The number of hydrogen-bond acceptors (Lipinski definition) is 5. The van der Waals surface area contributed by atoms with E-state index in [1.54, 1.807) is 4.90 Å². The summed E-state index contributed by atoms with van der Waals surface area (Å²) in [5.41, 5.74) is 2.44. The molecule has 0 saturated heterocycles. The lowest BCUT2D eigenvalue weighted by atomic mass is 10.1. The van der Waals surface area contributed by atoms with E-state index in [-0.39, 0.29) is 0 Å².